The van der Waals surface area contributed by atoms with E-state index < -0.39 is 0 Å². The lowest BCUT2D eigenvalue weighted by Gasteiger charge is -2.10. The molecule has 0 aliphatic carbocycles. The molecule has 1 amide bonds. The van der Waals surface area contributed by atoms with Crippen molar-refractivity contribution < 1.29 is 9.21 Å². The van der Waals surface area contributed by atoms with Gasteiger partial charge in [-0.15, -0.1) is 0 Å². The molecule has 0 spiro atoms. The van der Waals surface area contributed by atoms with Crippen molar-refractivity contribution >= 4 is 5.91 Å². The van der Waals surface area contributed by atoms with Gasteiger partial charge in [0, 0.05) is 18.9 Å². The van der Waals surface area contributed by atoms with Crippen LogP contribution in [0.1, 0.15) is 25.5 Å². The summed E-state index contributed by atoms with van der Waals surface area (Å²) >= 11 is 0. The van der Waals surface area contributed by atoms with Crippen molar-refractivity contribution in [2.75, 3.05) is 13.1 Å². The topological polar surface area (TPSA) is 68.3 Å². The van der Waals surface area contributed by atoms with E-state index in [-0.39, 0.29) is 11.8 Å². The highest BCUT2D eigenvalue weighted by Crippen LogP contribution is 2.05. The maximum absolute atomic E-state index is 11.6. The standard InChI is InChI=1S/C12H20N2O2/c1-10(4-2-7-13)12(15)14-8-6-11-5-3-9-16-11/h3,5,9-10H,2,4,6-8,13H2,1H3,(H,14,15). The molecule has 1 heterocycles. The van der Waals surface area contributed by atoms with Gasteiger partial charge >= 0.3 is 0 Å². The zero-order valence-corrected chi connectivity index (χ0v) is 9.74. The molecule has 0 radical (unpaired) electrons. The number of hydrogen-bond donors (Lipinski definition) is 2. The SMILES string of the molecule is CC(CCCN)C(=O)NCCc1ccco1. The Hall–Kier alpha value is -1.29. The number of hydrogen-bond acceptors (Lipinski definition) is 3. The fourth-order valence-corrected chi connectivity index (χ4v) is 1.49. The zero-order chi connectivity index (χ0) is 11.8. The fourth-order valence-electron chi connectivity index (χ4n) is 1.49. The molecule has 90 valence electrons. The summed E-state index contributed by atoms with van der Waals surface area (Å²) in [6.45, 7) is 3.20. The first-order valence-electron chi connectivity index (χ1n) is 5.74. The minimum absolute atomic E-state index is 0.0418. The minimum Gasteiger partial charge on any atom is -0.469 e. The van der Waals surface area contributed by atoms with E-state index >= 15 is 0 Å². The predicted molar refractivity (Wildman–Crippen MR) is 62.9 cm³/mol. The number of nitrogens with two attached hydrogens (primary N) is 1. The van der Waals surface area contributed by atoms with Crippen molar-refractivity contribution in [1.82, 2.24) is 5.32 Å². The molecule has 3 N–H and O–H groups in total. The quantitative estimate of drug-likeness (QED) is 0.733. The summed E-state index contributed by atoms with van der Waals surface area (Å²) in [4.78, 5) is 11.6. The molecule has 4 nitrogen and oxygen atoms in total. The first-order chi connectivity index (χ1) is 7.74. The summed E-state index contributed by atoms with van der Waals surface area (Å²) in [6.07, 6.45) is 4.12. The van der Waals surface area contributed by atoms with Crippen LogP contribution in [0.15, 0.2) is 22.8 Å². The van der Waals surface area contributed by atoms with Crippen molar-refractivity contribution in [3.05, 3.63) is 24.2 Å². The molecule has 0 bridgehead atoms. The maximum atomic E-state index is 11.6. The zero-order valence-electron chi connectivity index (χ0n) is 9.74. The molecule has 1 rings (SSSR count). The van der Waals surface area contributed by atoms with E-state index in [4.69, 9.17) is 10.2 Å². The molecule has 1 unspecified atom stereocenters. The molecule has 1 aromatic heterocycles. The predicted octanol–water partition coefficient (Wildman–Crippen LogP) is 1.31. The van der Waals surface area contributed by atoms with Crippen molar-refractivity contribution in [3.63, 3.8) is 0 Å². The van der Waals surface area contributed by atoms with E-state index in [1.54, 1.807) is 6.26 Å². The van der Waals surface area contributed by atoms with Gasteiger partial charge in [-0.1, -0.05) is 6.92 Å². The lowest BCUT2D eigenvalue weighted by atomic mass is 10.1. The Balaban J connectivity index is 2.14. The highest BCUT2D eigenvalue weighted by molar-refractivity contribution is 5.78. The molecule has 16 heavy (non-hydrogen) atoms. The lowest BCUT2D eigenvalue weighted by molar-refractivity contribution is -0.124. The van der Waals surface area contributed by atoms with Gasteiger partial charge in [0.05, 0.1) is 6.26 Å². The maximum Gasteiger partial charge on any atom is 0.222 e. The van der Waals surface area contributed by atoms with Crippen LogP contribution in [0.4, 0.5) is 0 Å². The van der Waals surface area contributed by atoms with Crippen LogP contribution >= 0.6 is 0 Å². The monoisotopic (exact) mass is 224 g/mol. The van der Waals surface area contributed by atoms with Crippen molar-refractivity contribution in [2.24, 2.45) is 11.7 Å². The van der Waals surface area contributed by atoms with Gasteiger partial charge < -0.3 is 15.5 Å². The number of amides is 1. The normalized spacial score (nSPS) is 12.4. The molecule has 0 saturated heterocycles. The van der Waals surface area contributed by atoms with Gasteiger partial charge in [0.2, 0.25) is 5.91 Å². The Morgan fingerprint density at radius 2 is 2.44 bits per heavy atom. The summed E-state index contributed by atoms with van der Waals surface area (Å²) in [5.41, 5.74) is 5.40. The highest BCUT2D eigenvalue weighted by atomic mass is 16.3. The smallest absolute Gasteiger partial charge is 0.222 e. The summed E-state index contributed by atoms with van der Waals surface area (Å²) in [5.74, 6) is 1.04. The van der Waals surface area contributed by atoms with Crippen LogP contribution in [0.5, 0.6) is 0 Å². The number of rotatable bonds is 7. The van der Waals surface area contributed by atoms with Crippen LogP contribution in [0.25, 0.3) is 0 Å². The van der Waals surface area contributed by atoms with Gasteiger partial charge in [0.1, 0.15) is 5.76 Å². The molecule has 0 fully saturated rings. The van der Waals surface area contributed by atoms with Crippen molar-refractivity contribution in [3.8, 4) is 0 Å². The van der Waals surface area contributed by atoms with Crippen LogP contribution in [-0.4, -0.2) is 19.0 Å². The van der Waals surface area contributed by atoms with E-state index in [0.717, 1.165) is 25.0 Å². The Kier molecular flexibility index (Phi) is 5.64. The van der Waals surface area contributed by atoms with E-state index in [1.165, 1.54) is 0 Å². The minimum atomic E-state index is 0.0418. The van der Waals surface area contributed by atoms with Crippen LogP contribution in [0.3, 0.4) is 0 Å². The molecule has 0 saturated carbocycles. The first kappa shape index (κ1) is 12.8. The average Bonchev–Trinajstić information content (AvgIpc) is 2.78. The molecular formula is C12H20N2O2. The Morgan fingerprint density at radius 1 is 1.62 bits per heavy atom. The van der Waals surface area contributed by atoms with Crippen molar-refractivity contribution in [1.29, 1.82) is 0 Å². The van der Waals surface area contributed by atoms with E-state index in [2.05, 4.69) is 5.32 Å². The number of carbonyl (C=O) groups excluding carboxylic acids is 1. The third-order valence-electron chi connectivity index (χ3n) is 2.54. The Labute approximate surface area is 96.2 Å². The first-order valence-corrected chi connectivity index (χ1v) is 5.74. The fraction of sp³-hybridized carbons (Fsp3) is 0.583. The van der Waals surface area contributed by atoms with E-state index in [1.807, 2.05) is 19.1 Å². The highest BCUT2D eigenvalue weighted by Gasteiger charge is 2.11. The van der Waals surface area contributed by atoms with Crippen LogP contribution < -0.4 is 11.1 Å². The third kappa shape index (κ3) is 4.49. The summed E-state index contributed by atoms with van der Waals surface area (Å²) in [5, 5.41) is 2.89. The average molecular weight is 224 g/mol. The van der Waals surface area contributed by atoms with Gasteiger partial charge in [-0.3, -0.25) is 4.79 Å². The lowest BCUT2D eigenvalue weighted by Crippen LogP contribution is -2.31. The number of nitrogens with one attached hydrogen (secondary N) is 1. The summed E-state index contributed by atoms with van der Waals surface area (Å²) in [6, 6.07) is 3.75. The molecule has 1 aromatic rings. The Morgan fingerprint density at radius 3 is 3.06 bits per heavy atom. The largest absolute Gasteiger partial charge is 0.469 e. The van der Waals surface area contributed by atoms with Gasteiger partial charge in [-0.05, 0) is 31.5 Å². The van der Waals surface area contributed by atoms with E-state index in [0.29, 0.717) is 13.1 Å². The van der Waals surface area contributed by atoms with Gasteiger partial charge in [-0.25, -0.2) is 0 Å². The van der Waals surface area contributed by atoms with E-state index in [9.17, 15) is 4.79 Å². The van der Waals surface area contributed by atoms with Crippen LogP contribution in [0, 0.1) is 5.92 Å². The van der Waals surface area contributed by atoms with Crippen molar-refractivity contribution in [2.45, 2.75) is 26.2 Å². The second kappa shape index (κ2) is 7.06. The van der Waals surface area contributed by atoms with Gasteiger partial charge in [0.15, 0.2) is 0 Å². The second-order valence-corrected chi connectivity index (χ2v) is 3.95. The summed E-state index contributed by atoms with van der Waals surface area (Å²) < 4.78 is 5.17. The molecule has 0 aliphatic heterocycles. The van der Waals surface area contributed by atoms with Crippen LogP contribution in [-0.2, 0) is 11.2 Å². The van der Waals surface area contributed by atoms with Gasteiger partial charge in [0.25, 0.3) is 0 Å². The molecule has 0 aromatic carbocycles. The third-order valence-corrected chi connectivity index (χ3v) is 2.54. The molecule has 4 heteroatoms. The Bertz CT molecular complexity index is 296. The second-order valence-electron chi connectivity index (χ2n) is 3.95. The summed E-state index contributed by atoms with van der Waals surface area (Å²) in [7, 11) is 0. The number of furan rings is 1. The molecular weight excluding hydrogens is 204 g/mol. The molecule has 0 aliphatic rings. The molecule has 1 atom stereocenters. The van der Waals surface area contributed by atoms with Gasteiger partial charge in [-0.2, -0.15) is 0 Å². The number of carbonyl (C=O) groups is 1. The van der Waals surface area contributed by atoms with Crippen LogP contribution in [0.2, 0.25) is 0 Å².